The van der Waals surface area contributed by atoms with Gasteiger partial charge >= 0.3 is 0 Å². The summed E-state index contributed by atoms with van der Waals surface area (Å²) >= 11 is 3.04. The van der Waals surface area contributed by atoms with Gasteiger partial charge in [0.1, 0.15) is 27.5 Å². The van der Waals surface area contributed by atoms with Crippen LogP contribution in [0.1, 0.15) is 0 Å². The zero-order valence-electron chi connectivity index (χ0n) is 9.33. The Labute approximate surface area is 115 Å². The first-order valence-corrected chi connectivity index (χ1v) is 5.82. The van der Waals surface area contributed by atoms with Gasteiger partial charge in [-0.3, -0.25) is 0 Å². The van der Waals surface area contributed by atoms with Crippen molar-refractivity contribution in [1.82, 2.24) is 0 Å². The van der Waals surface area contributed by atoms with E-state index in [0.29, 0.717) is 0 Å². The Balaban J connectivity index is 2.48. The highest BCUT2D eigenvalue weighted by molar-refractivity contribution is 9.10. The van der Waals surface area contributed by atoms with E-state index in [1.807, 2.05) is 0 Å². The molecule has 0 radical (unpaired) electrons. The topological polar surface area (TPSA) is 110 Å². The maximum absolute atomic E-state index is 9.58. The molecule has 0 fully saturated rings. The average molecular weight is 329 g/mol. The molecule has 0 amide bonds. The van der Waals surface area contributed by atoms with Crippen LogP contribution in [0.5, 0.6) is 40.2 Å². The lowest BCUT2D eigenvalue weighted by Crippen LogP contribution is -1.88. The molecule has 0 aromatic heterocycles. The van der Waals surface area contributed by atoms with Crippen LogP contribution in [0.2, 0.25) is 0 Å². The second-order valence-corrected chi connectivity index (χ2v) is 4.49. The van der Waals surface area contributed by atoms with Gasteiger partial charge in [0.05, 0.1) is 0 Å². The minimum absolute atomic E-state index is 0.0196. The lowest BCUT2D eigenvalue weighted by molar-refractivity contribution is 0.363. The maximum Gasteiger partial charge on any atom is 0.210 e. The molecule has 0 aliphatic carbocycles. The second kappa shape index (κ2) is 4.77. The Morgan fingerprint density at radius 3 is 1.79 bits per heavy atom. The van der Waals surface area contributed by atoms with E-state index in [4.69, 9.17) is 9.84 Å². The van der Waals surface area contributed by atoms with Crippen LogP contribution >= 0.6 is 15.9 Å². The third-order valence-electron chi connectivity index (χ3n) is 2.25. The summed E-state index contributed by atoms with van der Waals surface area (Å²) in [5, 5.41) is 47.2. The predicted molar refractivity (Wildman–Crippen MR) is 69.0 cm³/mol. The van der Waals surface area contributed by atoms with Crippen LogP contribution in [0.4, 0.5) is 0 Å². The van der Waals surface area contributed by atoms with E-state index in [0.717, 1.165) is 18.2 Å². The van der Waals surface area contributed by atoms with Crippen molar-refractivity contribution in [2.45, 2.75) is 0 Å². The number of aromatic hydroxyl groups is 5. The molecule has 0 heterocycles. The van der Waals surface area contributed by atoms with Gasteiger partial charge < -0.3 is 30.3 Å². The van der Waals surface area contributed by atoms with E-state index in [9.17, 15) is 20.4 Å². The Hall–Kier alpha value is -2.28. The number of rotatable bonds is 2. The molecule has 6 nitrogen and oxygen atoms in total. The Kier molecular flexibility index (Phi) is 3.30. The molecule has 19 heavy (non-hydrogen) atoms. The highest BCUT2D eigenvalue weighted by atomic mass is 79.9. The normalized spacial score (nSPS) is 10.4. The van der Waals surface area contributed by atoms with Crippen molar-refractivity contribution in [2.24, 2.45) is 0 Å². The summed E-state index contributed by atoms with van der Waals surface area (Å²) in [6.07, 6.45) is 0. The fourth-order valence-corrected chi connectivity index (χ4v) is 1.75. The van der Waals surface area contributed by atoms with Gasteiger partial charge in [0.2, 0.25) is 5.75 Å². The first kappa shape index (κ1) is 13.2. The summed E-state index contributed by atoms with van der Waals surface area (Å²) in [7, 11) is 0. The number of hydrogen-bond donors (Lipinski definition) is 5. The molecule has 0 aliphatic rings. The van der Waals surface area contributed by atoms with E-state index in [2.05, 4.69) is 15.9 Å². The summed E-state index contributed by atoms with van der Waals surface area (Å²) in [6.45, 7) is 0. The van der Waals surface area contributed by atoms with Crippen molar-refractivity contribution in [3.63, 3.8) is 0 Å². The molecular formula is C12H9BrO6. The minimum Gasteiger partial charge on any atom is -0.508 e. The van der Waals surface area contributed by atoms with Gasteiger partial charge in [-0.1, -0.05) is 0 Å². The monoisotopic (exact) mass is 328 g/mol. The molecule has 2 rings (SSSR count). The molecule has 0 atom stereocenters. The SMILES string of the molecule is Oc1cc(O)c(Oc2cc(O)cc(O)c2Br)c(O)c1. The summed E-state index contributed by atoms with van der Waals surface area (Å²) in [5.41, 5.74) is 0. The molecule has 0 aliphatic heterocycles. The zero-order valence-corrected chi connectivity index (χ0v) is 10.9. The fraction of sp³-hybridized carbons (Fsp3) is 0. The van der Waals surface area contributed by atoms with Crippen molar-refractivity contribution in [3.05, 3.63) is 28.7 Å². The highest BCUT2D eigenvalue weighted by Crippen LogP contribution is 2.45. The van der Waals surface area contributed by atoms with Crippen LogP contribution in [-0.4, -0.2) is 25.5 Å². The molecule has 100 valence electrons. The van der Waals surface area contributed by atoms with Crippen LogP contribution in [-0.2, 0) is 0 Å². The van der Waals surface area contributed by atoms with E-state index in [-0.39, 0.29) is 33.2 Å². The number of hydrogen-bond acceptors (Lipinski definition) is 6. The Morgan fingerprint density at radius 2 is 1.21 bits per heavy atom. The van der Waals surface area contributed by atoms with Gasteiger partial charge in [0, 0.05) is 24.3 Å². The van der Waals surface area contributed by atoms with Crippen molar-refractivity contribution in [2.75, 3.05) is 0 Å². The third-order valence-corrected chi connectivity index (χ3v) is 3.05. The number of benzene rings is 2. The molecule has 2 aromatic carbocycles. The fourth-order valence-electron chi connectivity index (χ4n) is 1.44. The van der Waals surface area contributed by atoms with Crippen molar-refractivity contribution in [3.8, 4) is 40.2 Å². The van der Waals surface area contributed by atoms with E-state index >= 15 is 0 Å². The zero-order chi connectivity index (χ0) is 14.2. The number of halogens is 1. The second-order valence-electron chi connectivity index (χ2n) is 3.69. The highest BCUT2D eigenvalue weighted by Gasteiger charge is 2.16. The Bertz CT molecular complexity index is 617. The Morgan fingerprint density at radius 1 is 0.737 bits per heavy atom. The first-order valence-electron chi connectivity index (χ1n) is 5.02. The van der Waals surface area contributed by atoms with Crippen molar-refractivity contribution >= 4 is 15.9 Å². The quantitative estimate of drug-likeness (QED) is 0.579. The number of phenols is 5. The average Bonchev–Trinajstić information content (AvgIpc) is 2.29. The predicted octanol–water partition coefficient (Wildman–Crippen LogP) is 2.77. The third kappa shape index (κ3) is 2.60. The summed E-state index contributed by atoms with van der Waals surface area (Å²) < 4.78 is 5.35. The van der Waals surface area contributed by atoms with Crippen LogP contribution < -0.4 is 4.74 Å². The first-order chi connectivity index (χ1) is 8.88. The number of phenolic OH excluding ortho intramolecular Hbond substituents is 5. The molecule has 0 spiro atoms. The van der Waals surface area contributed by atoms with Crippen LogP contribution in [0.3, 0.4) is 0 Å². The lowest BCUT2D eigenvalue weighted by atomic mass is 10.2. The van der Waals surface area contributed by atoms with Gasteiger partial charge in [0.15, 0.2) is 11.5 Å². The number of ether oxygens (including phenoxy) is 1. The van der Waals surface area contributed by atoms with Gasteiger partial charge in [-0.25, -0.2) is 0 Å². The van der Waals surface area contributed by atoms with Crippen molar-refractivity contribution < 1.29 is 30.3 Å². The lowest BCUT2D eigenvalue weighted by Gasteiger charge is -2.12. The van der Waals surface area contributed by atoms with E-state index < -0.39 is 11.5 Å². The van der Waals surface area contributed by atoms with Gasteiger partial charge in [0.25, 0.3) is 0 Å². The van der Waals surface area contributed by atoms with Crippen molar-refractivity contribution in [1.29, 1.82) is 0 Å². The molecule has 0 unspecified atom stereocenters. The molecule has 2 aromatic rings. The van der Waals surface area contributed by atoms with E-state index in [1.54, 1.807) is 0 Å². The van der Waals surface area contributed by atoms with E-state index in [1.165, 1.54) is 6.07 Å². The van der Waals surface area contributed by atoms with Gasteiger partial charge in [-0.2, -0.15) is 0 Å². The molecular weight excluding hydrogens is 320 g/mol. The minimum atomic E-state index is -0.493. The summed E-state index contributed by atoms with van der Waals surface area (Å²) in [5.74, 6) is -2.18. The molecule has 7 heteroatoms. The molecule has 0 saturated carbocycles. The summed E-state index contributed by atoms with van der Waals surface area (Å²) in [4.78, 5) is 0. The summed E-state index contributed by atoms with van der Waals surface area (Å²) in [6, 6.07) is 4.22. The molecule has 0 saturated heterocycles. The van der Waals surface area contributed by atoms with Gasteiger partial charge in [-0.05, 0) is 15.9 Å². The van der Waals surface area contributed by atoms with Gasteiger partial charge in [-0.15, -0.1) is 0 Å². The smallest absolute Gasteiger partial charge is 0.210 e. The molecule has 5 N–H and O–H groups in total. The maximum atomic E-state index is 9.58. The van der Waals surface area contributed by atoms with Crippen LogP contribution in [0.25, 0.3) is 0 Å². The molecule has 0 bridgehead atoms. The van der Waals surface area contributed by atoms with Crippen LogP contribution in [0, 0.1) is 0 Å². The largest absolute Gasteiger partial charge is 0.508 e. The van der Waals surface area contributed by atoms with Crippen LogP contribution in [0.15, 0.2) is 28.7 Å². The standard InChI is InChI=1S/C12H9BrO6/c13-11-7(16)1-6(15)4-10(11)19-12-8(17)2-5(14)3-9(12)18/h1-4,14-18H.